The Labute approximate surface area is 122 Å². The monoisotopic (exact) mass is 317 g/mol. The molecule has 0 radical (unpaired) electrons. The number of nitrogens with zero attached hydrogens (tertiary/aromatic N) is 1. The Morgan fingerprint density at radius 3 is 3.00 bits per heavy atom. The molecule has 3 N–H and O–H groups in total. The van der Waals surface area contributed by atoms with Crippen LogP contribution in [0.25, 0.3) is 0 Å². The number of aromatic nitrogens is 2. The van der Waals surface area contributed by atoms with Gasteiger partial charge in [-0.3, -0.25) is 5.10 Å². The van der Waals surface area contributed by atoms with Gasteiger partial charge in [-0.15, -0.1) is 0 Å². The number of carbonyl (C=O) groups excluding carboxylic acids is 1. The lowest BCUT2D eigenvalue weighted by Gasteiger charge is -2.26. The molecular weight excluding hydrogens is 298 g/mol. The Bertz CT molecular complexity index is 598. The SMILES string of the molecule is CCOC(=O)c1cn[nH]c1S(=O)(=O)NC1CCCC(O)C1. The van der Waals surface area contributed by atoms with Crippen LogP contribution in [0.5, 0.6) is 0 Å². The Morgan fingerprint density at radius 1 is 1.57 bits per heavy atom. The van der Waals surface area contributed by atoms with E-state index in [4.69, 9.17) is 4.74 Å². The summed E-state index contributed by atoms with van der Waals surface area (Å²) in [5, 5.41) is 15.2. The number of hydrogen-bond donors (Lipinski definition) is 3. The van der Waals surface area contributed by atoms with Gasteiger partial charge in [-0.25, -0.2) is 17.9 Å². The third kappa shape index (κ3) is 3.80. The molecule has 0 saturated heterocycles. The van der Waals surface area contributed by atoms with E-state index in [1.54, 1.807) is 6.92 Å². The predicted molar refractivity (Wildman–Crippen MR) is 73.1 cm³/mol. The zero-order chi connectivity index (χ0) is 15.5. The highest BCUT2D eigenvalue weighted by Gasteiger charge is 2.30. The molecule has 8 nitrogen and oxygen atoms in total. The number of hydrogen-bond acceptors (Lipinski definition) is 6. The Balaban J connectivity index is 2.16. The number of ether oxygens (including phenoxy) is 1. The number of aliphatic hydroxyl groups excluding tert-OH is 1. The van der Waals surface area contributed by atoms with Crippen molar-refractivity contribution >= 4 is 16.0 Å². The highest BCUT2D eigenvalue weighted by molar-refractivity contribution is 7.89. The Hall–Kier alpha value is -1.45. The first-order chi connectivity index (χ1) is 9.94. The van der Waals surface area contributed by atoms with E-state index in [-0.39, 0.29) is 23.2 Å². The number of sulfonamides is 1. The summed E-state index contributed by atoms with van der Waals surface area (Å²) in [6, 6.07) is -0.350. The lowest BCUT2D eigenvalue weighted by atomic mass is 9.94. The van der Waals surface area contributed by atoms with Crippen LogP contribution in [-0.4, -0.2) is 48.4 Å². The van der Waals surface area contributed by atoms with Gasteiger partial charge >= 0.3 is 5.97 Å². The first-order valence-electron chi connectivity index (χ1n) is 6.85. The summed E-state index contributed by atoms with van der Waals surface area (Å²) < 4.78 is 31.9. The summed E-state index contributed by atoms with van der Waals surface area (Å²) in [6.45, 7) is 1.78. The van der Waals surface area contributed by atoms with E-state index in [1.165, 1.54) is 0 Å². The minimum Gasteiger partial charge on any atom is -0.462 e. The summed E-state index contributed by atoms with van der Waals surface area (Å²) in [5.41, 5.74) is -0.124. The van der Waals surface area contributed by atoms with Crippen LogP contribution in [0.4, 0.5) is 0 Å². The maximum atomic E-state index is 12.3. The van der Waals surface area contributed by atoms with Crippen LogP contribution in [0.3, 0.4) is 0 Å². The topological polar surface area (TPSA) is 121 Å². The zero-order valence-electron chi connectivity index (χ0n) is 11.7. The second kappa shape index (κ2) is 6.54. The average Bonchev–Trinajstić information content (AvgIpc) is 2.88. The molecule has 1 heterocycles. The minimum absolute atomic E-state index is 0.124. The van der Waals surface area contributed by atoms with Crippen LogP contribution >= 0.6 is 0 Å². The van der Waals surface area contributed by atoms with Crippen LogP contribution in [-0.2, 0) is 14.8 Å². The molecule has 2 atom stereocenters. The average molecular weight is 317 g/mol. The molecule has 1 aliphatic rings. The summed E-state index contributed by atoms with van der Waals surface area (Å²) >= 11 is 0. The standard InChI is InChI=1S/C12H19N3O5S/c1-2-20-12(17)10-7-13-14-11(10)21(18,19)15-8-4-3-5-9(16)6-8/h7-9,15-16H,2-6H2,1H3,(H,13,14). The van der Waals surface area contributed by atoms with E-state index in [2.05, 4.69) is 14.9 Å². The van der Waals surface area contributed by atoms with E-state index < -0.39 is 22.1 Å². The number of esters is 1. The van der Waals surface area contributed by atoms with Gasteiger partial charge in [0, 0.05) is 6.04 Å². The maximum Gasteiger partial charge on any atom is 0.342 e. The fourth-order valence-electron chi connectivity index (χ4n) is 2.38. The molecule has 118 valence electrons. The number of aromatic amines is 1. The quantitative estimate of drug-likeness (QED) is 0.666. The lowest BCUT2D eigenvalue weighted by Crippen LogP contribution is -2.40. The molecule has 0 aliphatic heterocycles. The number of carbonyl (C=O) groups is 1. The van der Waals surface area contributed by atoms with Crippen molar-refractivity contribution in [2.45, 2.75) is 49.8 Å². The molecule has 0 aromatic carbocycles. The Morgan fingerprint density at radius 2 is 2.33 bits per heavy atom. The van der Waals surface area contributed by atoms with Gasteiger partial charge in [0.25, 0.3) is 10.0 Å². The number of H-pyrrole nitrogens is 1. The first-order valence-corrected chi connectivity index (χ1v) is 8.33. The van der Waals surface area contributed by atoms with Crippen molar-refractivity contribution in [2.24, 2.45) is 0 Å². The van der Waals surface area contributed by atoms with Crippen molar-refractivity contribution in [3.05, 3.63) is 11.8 Å². The summed E-state index contributed by atoms with van der Waals surface area (Å²) in [5.74, 6) is -0.740. The van der Waals surface area contributed by atoms with Gasteiger partial charge in [0.05, 0.1) is 18.9 Å². The largest absolute Gasteiger partial charge is 0.462 e. The third-order valence-electron chi connectivity index (χ3n) is 3.34. The third-order valence-corrected chi connectivity index (χ3v) is 4.83. The summed E-state index contributed by atoms with van der Waals surface area (Å²) in [7, 11) is -3.91. The zero-order valence-corrected chi connectivity index (χ0v) is 12.5. The number of nitrogens with one attached hydrogen (secondary N) is 2. The van der Waals surface area contributed by atoms with Crippen molar-refractivity contribution in [2.75, 3.05) is 6.61 Å². The van der Waals surface area contributed by atoms with Crippen molar-refractivity contribution in [3.63, 3.8) is 0 Å². The fourth-order valence-corrected chi connectivity index (χ4v) is 3.75. The second-order valence-electron chi connectivity index (χ2n) is 4.97. The molecule has 0 amide bonds. The molecule has 1 aromatic rings. The molecule has 9 heteroatoms. The molecule has 2 rings (SSSR count). The smallest absolute Gasteiger partial charge is 0.342 e. The molecule has 1 saturated carbocycles. The van der Waals surface area contributed by atoms with Crippen LogP contribution < -0.4 is 4.72 Å². The van der Waals surface area contributed by atoms with Gasteiger partial charge in [-0.2, -0.15) is 5.10 Å². The van der Waals surface area contributed by atoms with E-state index in [0.717, 1.165) is 12.6 Å². The van der Waals surface area contributed by atoms with Gasteiger partial charge in [-0.05, 0) is 32.6 Å². The van der Waals surface area contributed by atoms with E-state index in [9.17, 15) is 18.3 Å². The summed E-state index contributed by atoms with van der Waals surface area (Å²) in [4.78, 5) is 11.7. The molecule has 1 fully saturated rings. The first kappa shape index (κ1) is 15.9. The van der Waals surface area contributed by atoms with Crippen molar-refractivity contribution < 1.29 is 23.1 Å². The van der Waals surface area contributed by atoms with Gasteiger partial charge in [-0.1, -0.05) is 0 Å². The molecule has 21 heavy (non-hydrogen) atoms. The van der Waals surface area contributed by atoms with Gasteiger partial charge in [0.1, 0.15) is 5.56 Å². The van der Waals surface area contributed by atoms with Crippen molar-refractivity contribution in [1.82, 2.24) is 14.9 Å². The van der Waals surface area contributed by atoms with E-state index >= 15 is 0 Å². The van der Waals surface area contributed by atoms with Gasteiger partial charge < -0.3 is 9.84 Å². The van der Waals surface area contributed by atoms with Crippen LogP contribution in [0, 0.1) is 0 Å². The Kier molecular flexibility index (Phi) is 4.96. The van der Waals surface area contributed by atoms with Gasteiger partial charge in [0.2, 0.25) is 0 Å². The highest BCUT2D eigenvalue weighted by Crippen LogP contribution is 2.21. The molecule has 1 aliphatic carbocycles. The maximum absolute atomic E-state index is 12.3. The summed E-state index contributed by atoms with van der Waals surface area (Å²) in [6.07, 6.45) is 3.07. The van der Waals surface area contributed by atoms with Crippen LogP contribution in [0.1, 0.15) is 43.0 Å². The molecule has 0 spiro atoms. The van der Waals surface area contributed by atoms with Gasteiger partial charge in [0.15, 0.2) is 5.03 Å². The fraction of sp³-hybridized carbons (Fsp3) is 0.667. The molecule has 0 bridgehead atoms. The lowest BCUT2D eigenvalue weighted by molar-refractivity contribution is 0.0521. The number of rotatable bonds is 5. The van der Waals surface area contributed by atoms with Crippen molar-refractivity contribution in [1.29, 1.82) is 0 Å². The van der Waals surface area contributed by atoms with Crippen LogP contribution in [0.2, 0.25) is 0 Å². The normalized spacial score (nSPS) is 23.0. The van der Waals surface area contributed by atoms with E-state index in [1.807, 2.05) is 0 Å². The second-order valence-corrected chi connectivity index (χ2v) is 6.62. The highest BCUT2D eigenvalue weighted by atomic mass is 32.2. The van der Waals surface area contributed by atoms with Crippen LogP contribution in [0.15, 0.2) is 11.2 Å². The minimum atomic E-state index is -3.91. The molecule has 1 aromatic heterocycles. The molecule has 2 unspecified atom stereocenters. The number of aliphatic hydroxyl groups is 1. The molecular formula is C12H19N3O5S. The van der Waals surface area contributed by atoms with Crippen molar-refractivity contribution in [3.8, 4) is 0 Å². The van der Waals surface area contributed by atoms with E-state index in [0.29, 0.717) is 19.3 Å². The predicted octanol–water partition coefficient (Wildman–Crippen LogP) is 0.168.